The van der Waals surface area contributed by atoms with Gasteiger partial charge in [0.05, 0.1) is 15.5 Å². The quantitative estimate of drug-likeness (QED) is 0.811. The van der Waals surface area contributed by atoms with Crippen molar-refractivity contribution in [3.63, 3.8) is 0 Å². The molecule has 0 unspecified atom stereocenters. The predicted molar refractivity (Wildman–Crippen MR) is 61.7 cm³/mol. The molecule has 0 aliphatic carbocycles. The second-order valence-corrected chi connectivity index (χ2v) is 4.63. The molecule has 0 fully saturated rings. The molecule has 0 bridgehead atoms. The minimum atomic E-state index is -1.18. The minimum absolute atomic E-state index is 0.0985. The first-order valence-electron chi connectivity index (χ1n) is 4.27. The number of hydrogen-bond donors (Lipinski definition) is 2. The zero-order valence-electron chi connectivity index (χ0n) is 7.85. The summed E-state index contributed by atoms with van der Waals surface area (Å²) >= 11 is 5.25. The molecule has 16 heavy (non-hydrogen) atoms. The fourth-order valence-corrected chi connectivity index (χ4v) is 2.06. The highest BCUT2D eigenvalue weighted by Crippen LogP contribution is 2.27. The first-order chi connectivity index (χ1) is 7.58. The van der Waals surface area contributed by atoms with Gasteiger partial charge in [-0.2, -0.15) is 4.37 Å². The van der Waals surface area contributed by atoms with Crippen molar-refractivity contribution in [1.29, 1.82) is 0 Å². The molecule has 0 radical (unpaired) electrons. The number of thiol groups is 1. The van der Waals surface area contributed by atoms with Crippen molar-refractivity contribution in [2.24, 2.45) is 0 Å². The van der Waals surface area contributed by atoms with Gasteiger partial charge >= 0.3 is 5.97 Å². The summed E-state index contributed by atoms with van der Waals surface area (Å²) < 4.78 is 17.6. The van der Waals surface area contributed by atoms with Gasteiger partial charge < -0.3 is 5.11 Å². The number of hydrogen-bond acceptors (Lipinski definition) is 4. The van der Waals surface area contributed by atoms with Crippen molar-refractivity contribution >= 4 is 30.1 Å². The second-order valence-electron chi connectivity index (χ2n) is 3.05. The van der Waals surface area contributed by atoms with Crippen LogP contribution in [0.3, 0.4) is 0 Å². The summed E-state index contributed by atoms with van der Waals surface area (Å²) in [5.41, 5.74) is 0.788. The summed E-state index contributed by atoms with van der Waals surface area (Å²) in [6, 6.07) is 5.24. The molecule has 1 heterocycles. The molecule has 1 aromatic heterocycles. The fourth-order valence-electron chi connectivity index (χ4n) is 1.31. The van der Waals surface area contributed by atoms with Gasteiger partial charge in [-0.3, -0.25) is 0 Å². The van der Waals surface area contributed by atoms with Crippen LogP contribution in [-0.4, -0.2) is 15.4 Å². The van der Waals surface area contributed by atoms with E-state index in [1.807, 2.05) is 0 Å². The van der Waals surface area contributed by atoms with Crippen molar-refractivity contribution in [2.45, 2.75) is 4.21 Å². The number of aromatic carboxylic acids is 1. The van der Waals surface area contributed by atoms with Gasteiger partial charge in [-0.1, -0.05) is 0 Å². The molecule has 0 aliphatic rings. The average Bonchev–Trinajstić information content (AvgIpc) is 2.64. The van der Waals surface area contributed by atoms with Crippen molar-refractivity contribution < 1.29 is 14.3 Å². The van der Waals surface area contributed by atoms with Gasteiger partial charge in [0.25, 0.3) is 0 Å². The van der Waals surface area contributed by atoms with Crippen LogP contribution in [0.1, 0.15) is 10.4 Å². The summed E-state index contributed by atoms with van der Waals surface area (Å²) in [6.45, 7) is 0. The molecule has 82 valence electrons. The Hall–Kier alpha value is -1.40. The summed E-state index contributed by atoms with van der Waals surface area (Å²) in [6.07, 6.45) is 0. The van der Waals surface area contributed by atoms with Crippen LogP contribution < -0.4 is 0 Å². The summed E-state index contributed by atoms with van der Waals surface area (Å²) in [5.74, 6) is -1.76. The Morgan fingerprint density at radius 3 is 2.75 bits per heavy atom. The maximum atomic E-state index is 12.9. The lowest BCUT2D eigenvalue weighted by atomic mass is 10.0. The number of rotatable bonds is 2. The number of nitrogens with zero attached hydrogens (tertiary/aromatic N) is 1. The lowest BCUT2D eigenvalue weighted by molar-refractivity contribution is 0.0697. The van der Waals surface area contributed by atoms with Crippen LogP contribution in [0.25, 0.3) is 11.3 Å². The number of carboxylic acid groups (broad SMARTS) is 1. The maximum absolute atomic E-state index is 12.9. The zero-order chi connectivity index (χ0) is 11.7. The van der Waals surface area contributed by atoms with E-state index in [-0.39, 0.29) is 5.56 Å². The minimum Gasteiger partial charge on any atom is -0.478 e. The molecule has 2 aromatic rings. The normalized spacial score (nSPS) is 10.4. The van der Waals surface area contributed by atoms with Crippen LogP contribution in [0.2, 0.25) is 0 Å². The van der Waals surface area contributed by atoms with Crippen LogP contribution in [-0.2, 0) is 0 Å². The second kappa shape index (κ2) is 4.23. The number of carboxylic acids is 1. The summed E-state index contributed by atoms with van der Waals surface area (Å²) in [5, 5.41) is 8.95. The van der Waals surface area contributed by atoms with E-state index < -0.39 is 11.8 Å². The first-order valence-corrected chi connectivity index (χ1v) is 5.49. The molecule has 0 spiro atoms. The lowest BCUT2D eigenvalue weighted by Gasteiger charge is -2.02. The van der Waals surface area contributed by atoms with Gasteiger partial charge in [0.2, 0.25) is 0 Å². The monoisotopic (exact) mass is 255 g/mol. The van der Waals surface area contributed by atoms with E-state index in [0.717, 1.165) is 17.6 Å². The van der Waals surface area contributed by atoms with Gasteiger partial charge in [0.1, 0.15) is 5.82 Å². The van der Waals surface area contributed by atoms with Gasteiger partial charge in [0.15, 0.2) is 0 Å². The van der Waals surface area contributed by atoms with Crippen molar-refractivity contribution in [2.75, 3.05) is 0 Å². The SMILES string of the molecule is O=C(O)c1cc(F)ccc1-c1cc(S)sn1. The van der Waals surface area contributed by atoms with Crippen molar-refractivity contribution in [1.82, 2.24) is 4.37 Å². The first kappa shape index (κ1) is 11.1. The standard InChI is InChI=1S/C10H6FNO2S2/c11-5-1-2-6(7(3-5)10(13)14)8-4-9(15)16-12-8/h1-4,15H,(H,13,14). The van der Waals surface area contributed by atoms with E-state index in [9.17, 15) is 9.18 Å². The van der Waals surface area contributed by atoms with Crippen LogP contribution in [0.4, 0.5) is 4.39 Å². The third-order valence-electron chi connectivity index (χ3n) is 1.99. The molecule has 0 aliphatic heterocycles. The Morgan fingerprint density at radius 2 is 2.19 bits per heavy atom. The molecular formula is C10H6FNO2S2. The van der Waals surface area contributed by atoms with E-state index >= 15 is 0 Å². The highest BCUT2D eigenvalue weighted by atomic mass is 32.2. The number of benzene rings is 1. The number of halogens is 1. The van der Waals surface area contributed by atoms with Crippen LogP contribution >= 0.6 is 24.2 Å². The van der Waals surface area contributed by atoms with Gasteiger partial charge in [-0.05, 0) is 35.8 Å². The predicted octanol–water partition coefficient (Wildman–Crippen LogP) is 2.94. The summed E-state index contributed by atoms with van der Waals surface area (Å²) in [7, 11) is 0. The molecule has 1 N–H and O–H groups in total. The average molecular weight is 255 g/mol. The topological polar surface area (TPSA) is 50.2 Å². The smallest absolute Gasteiger partial charge is 0.336 e. The van der Waals surface area contributed by atoms with Gasteiger partial charge in [0, 0.05) is 5.56 Å². The third-order valence-corrected chi connectivity index (χ3v) is 2.95. The largest absolute Gasteiger partial charge is 0.478 e. The van der Waals surface area contributed by atoms with E-state index in [0.29, 0.717) is 15.5 Å². The highest BCUT2D eigenvalue weighted by Gasteiger charge is 2.14. The molecule has 0 atom stereocenters. The number of aromatic nitrogens is 1. The Bertz CT molecular complexity index is 554. The molecule has 0 saturated heterocycles. The molecule has 0 amide bonds. The summed E-state index contributed by atoms with van der Waals surface area (Å²) in [4.78, 5) is 10.9. The fraction of sp³-hybridized carbons (Fsp3) is 0. The van der Waals surface area contributed by atoms with Crippen LogP contribution in [0.5, 0.6) is 0 Å². The van der Waals surface area contributed by atoms with Crippen LogP contribution in [0, 0.1) is 5.82 Å². The highest BCUT2D eigenvalue weighted by molar-refractivity contribution is 7.82. The van der Waals surface area contributed by atoms with E-state index in [1.54, 1.807) is 6.07 Å². The lowest BCUT2D eigenvalue weighted by Crippen LogP contribution is -2.00. The van der Waals surface area contributed by atoms with E-state index in [1.165, 1.54) is 12.1 Å². The maximum Gasteiger partial charge on any atom is 0.336 e. The van der Waals surface area contributed by atoms with Crippen molar-refractivity contribution in [3.05, 3.63) is 35.6 Å². The molecule has 3 nitrogen and oxygen atoms in total. The van der Waals surface area contributed by atoms with E-state index in [4.69, 9.17) is 5.11 Å². The number of carbonyl (C=O) groups is 1. The molecule has 2 rings (SSSR count). The molecule has 6 heteroatoms. The van der Waals surface area contributed by atoms with Gasteiger partial charge in [-0.15, -0.1) is 12.6 Å². The Labute approximate surface area is 100 Å². The Kier molecular flexibility index (Phi) is 2.93. The molecular weight excluding hydrogens is 249 g/mol. The van der Waals surface area contributed by atoms with Gasteiger partial charge in [-0.25, -0.2) is 9.18 Å². The van der Waals surface area contributed by atoms with E-state index in [2.05, 4.69) is 17.0 Å². The van der Waals surface area contributed by atoms with Crippen molar-refractivity contribution in [3.8, 4) is 11.3 Å². The Morgan fingerprint density at radius 1 is 1.44 bits per heavy atom. The zero-order valence-corrected chi connectivity index (χ0v) is 9.56. The molecule has 0 saturated carbocycles. The third kappa shape index (κ3) is 2.07. The molecule has 1 aromatic carbocycles. The van der Waals surface area contributed by atoms with Crippen LogP contribution in [0.15, 0.2) is 28.5 Å². The Balaban J connectivity index is 2.60.